The topological polar surface area (TPSA) is 46.2 Å². The van der Waals surface area contributed by atoms with Gasteiger partial charge in [0, 0.05) is 12.6 Å². The summed E-state index contributed by atoms with van der Waals surface area (Å²) in [6.45, 7) is 8.63. The summed E-state index contributed by atoms with van der Waals surface area (Å²) in [4.78, 5) is 0. The Bertz CT molecular complexity index is 324. The van der Waals surface area contributed by atoms with E-state index in [0.29, 0.717) is 18.5 Å². The Kier molecular flexibility index (Phi) is 5.45. The highest BCUT2D eigenvalue weighted by Crippen LogP contribution is 2.33. The van der Waals surface area contributed by atoms with E-state index in [0.717, 1.165) is 5.92 Å². The summed E-state index contributed by atoms with van der Waals surface area (Å²) in [7, 11) is -2.89. The molecule has 1 aliphatic carbocycles. The minimum absolute atomic E-state index is 0.256. The largest absolute Gasteiger partial charge is 0.313 e. The zero-order valence-electron chi connectivity index (χ0n) is 11.6. The van der Waals surface area contributed by atoms with Crippen LogP contribution < -0.4 is 5.32 Å². The van der Waals surface area contributed by atoms with Gasteiger partial charge in [-0.3, -0.25) is 0 Å². The van der Waals surface area contributed by atoms with Gasteiger partial charge in [0.05, 0.1) is 11.0 Å². The first-order chi connectivity index (χ1) is 7.88. The molecule has 1 rings (SSSR count). The van der Waals surface area contributed by atoms with Crippen LogP contribution >= 0.6 is 0 Å². The third-order valence-electron chi connectivity index (χ3n) is 4.26. The van der Waals surface area contributed by atoms with Crippen LogP contribution in [0.15, 0.2) is 0 Å². The average Bonchev–Trinajstić information content (AvgIpc) is 2.59. The summed E-state index contributed by atoms with van der Waals surface area (Å²) >= 11 is 0. The summed E-state index contributed by atoms with van der Waals surface area (Å²) in [5.74, 6) is 1.76. The van der Waals surface area contributed by atoms with Crippen molar-refractivity contribution in [1.29, 1.82) is 0 Å². The van der Waals surface area contributed by atoms with Gasteiger partial charge in [0.2, 0.25) is 0 Å². The number of hydrogen-bond acceptors (Lipinski definition) is 3. The van der Waals surface area contributed by atoms with Crippen molar-refractivity contribution < 1.29 is 8.42 Å². The summed E-state index contributed by atoms with van der Waals surface area (Å²) in [5, 5.41) is 3.17. The fourth-order valence-corrected chi connectivity index (χ4v) is 3.61. The third kappa shape index (κ3) is 3.95. The summed E-state index contributed by atoms with van der Waals surface area (Å²) in [6, 6.07) is 0.516. The van der Waals surface area contributed by atoms with Crippen LogP contribution in [0.4, 0.5) is 0 Å². The molecule has 1 fully saturated rings. The first-order valence-electron chi connectivity index (χ1n) is 6.83. The Morgan fingerprint density at radius 2 is 1.94 bits per heavy atom. The van der Waals surface area contributed by atoms with E-state index < -0.39 is 9.84 Å². The van der Waals surface area contributed by atoms with Gasteiger partial charge in [-0.05, 0) is 38.5 Å². The molecule has 4 heteroatoms. The van der Waals surface area contributed by atoms with E-state index >= 15 is 0 Å². The molecule has 102 valence electrons. The van der Waals surface area contributed by atoms with Crippen molar-refractivity contribution in [2.24, 2.45) is 11.8 Å². The fraction of sp³-hybridized carbons (Fsp3) is 1.00. The van der Waals surface area contributed by atoms with Crippen LogP contribution in [-0.4, -0.2) is 32.0 Å². The molecular formula is C13H27NO2S. The molecule has 0 aromatic heterocycles. The van der Waals surface area contributed by atoms with Gasteiger partial charge in [0.1, 0.15) is 0 Å². The molecule has 1 saturated carbocycles. The second-order valence-electron chi connectivity index (χ2n) is 5.58. The zero-order chi connectivity index (χ0) is 13.1. The average molecular weight is 261 g/mol. The molecule has 3 atom stereocenters. The maximum absolute atomic E-state index is 11.7. The minimum atomic E-state index is -2.89. The van der Waals surface area contributed by atoms with Gasteiger partial charge in [0.25, 0.3) is 0 Å². The summed E-state index contributed by atoms with van der Waals surface area (Å²) in [5.41, 5.74) is 0. The lowest BCUT2D eigenvalue weighted by Crippen LogP contribution is -2.37. The highest BCUT2D eigenvalue weighted by molar-refractivity contribution is 7.92. The van der Waals surface area contributed by atoms with Gasteiger partial charge < -0.3 is 5.32 Å². The van der Waals surface area contributed by atoms with Gasteiger partial charge in [-0.15, -0.1) is 0 Å². The van der Waals surface area contributed by atoms with Crippen LogP contribution in [-0.2, 0) is 9.84 Å². The molecule has 0 radical (unpaired) electrons. The Labute approximate surface area is 106 Å². The lowest BCUT2D eigenvalue weighted by molar-refractivity contribution is 0.349. The standard InChI is InChI=1S/C13H27NO2S/c1-5-12-6-7-13(11(12)4)14-8-9-17(15,16)10(2)3/h10-14H,5-9H2,1-4H3. The maximum Gasteiger partial charge on any atom is 0.153 e. The molecule has 3 nitrogen and oxygen atoms in total. The highest BCUT2D eigenvalue weighted by atomic mass is 32.2. The molecule has 1 aliphatic rings. The number of rotatable bonds is 6. The van der Waals surface area contributed by atoms with E-state index in [-0.39, 0.29) is 11.0 Å². The molecule has 0 amide bonds. The Morgan fingerprint density at radius 3 is 2.41 bits per heavy atom. The van der Waals surface area contributed by atoms with Crippen LogP contribution in [0.5, 0.6) is 0 Å². The van der Waals surface area contributed by atoms with E-state index in [1.165, 1.54) is 19.3 Å². The van der Waals surface area contributed by atoms with Crippen LogP contribution in [0, 0.1) is 11.8 Å². The van der Waals surface area contributed by atoms with Gasteiger partial charge in [-0.25, -0.2) is 8.42 Å². The van der Waals surface area contributed by atoms with Crippen molar-refractivity contribution >= 4 is 9.84 Å². The lowest BCUT2D eigenvalue weighted by atomic mass is 9.93. The first kappa shape index (κ1) is 15.0. The van der Waals surface area contributed by atoms with E-state index in [1.807, 2.05) is 0 Å². The molecule has 1 N–H and O–H groups in total. The molecular weight excluding hydrogens is 234 g/mol. The highest BCUT2D eigenvalue weighted by Gasteiger charge is 2.31. The Hall–Kier alpha value is -0.0900. The lowest BCUT2D eigenvalue weighted by Gasteiger charge is -2.21. The van der Waals surface area contributed by atoms with Gasteiger partial charge >= 0.3 is 0 Å². The summed E-state index contributed by atoms with van der Waals surface area (Å²) in [6.07, 6.45) is 3.72. The molecule has 0 saturated heterocycles. The zero-order valence-corrected chi connectivity index (χ0v) is 12.4. The van der Waals surface area contributed by atoms with Gasteiger partial charge in [0.15, 0.2) is 9.84 Å². The molecule has 0 bridgehead atoms. The first-order valence-corrected chi connectivity index (χ1v) is 8.55. The smallest absolute Gasteiger partial charge is 0.153 e. The number of nitrogens with one attached hydrogen (secondary N) is 1. The fourth-order valence-electron chi connectivity index (χ4n) is 2.73. The molecule has 0 aromatic rings. The Morgan fingerprint density at radius 1 is 1.29 bits per heavy atom. The van der Waals surface area contributed by atoms with Gasteiger partial charge in [-0.2, -0.15) is 0 Å². The second-order valence-corrected chi connectivity index (χ2v) is 8.26. The Balaban J connectivity index is 2.33. The van der Waals surface area contributed by atoms with Crippen LogP contribution in [0.1, 0.15) is 47.0 Å². The molecule has 17 heavy (non-hydrogen) atoms. The monoisotopic (exact) mass is 261 g/mol. The van der Waals surface area contributed by atoms with Gasteiger partial charge in [-0.1, -0.05) is 20.3 Å². The van der Waals surface area contributed by atoms with Crippen molar-refractivity contribution in [3.05, 3.63) is 0 Å². The van der Waals surface area contributed by atoms with Crippen molar-refractivity contribution in [2.45, 2.75) is 58.2 Å². The molecule has 3 unspecified atom stereocenters. The van der Waals surface area contributed by atoms with Crippen molar-refractivity contribution in [2.75, 3.05) is 12.3 Å². The van der Waals surface area contributed by atoms with E-state index in [9.17, 15) is 8.42 Å². The van der Waals surface area contributed by atoms with Crippen molar-refractivity contribution in [3.63, 3.8) is 0 Å². The van der Waals surface area contributed by atoms with Crippen LogP contribution in [0.2, 0.25) is 0 Å². The molecule has 0 aliphatic heterocycles. The van der Waals surface area contributed by atoms with Crippen LogP contribution in [0.25, 0.3) is 0 Å². The third-order valence-corrected chi connectivity index (χ3v) is 6.47. The molecule has 0 heterocycles. The van der Waals surface area contributed by atoms with E-state index in [2.05, 4.69) is 19.2 Å². The quantitative estimate of drug-likeness (QED) is 0.797. The van der Waals surface area contributed by atoms with E-state index in [4.69, 9.17) is 0 Å². The summed E-state index contributed by atoms with van der Waals surface area (Å²) < 4.78 is 23.3. The second kappa shape index (κ2) is 6.19. The van der Waals surface area contributed by atoms with Crippen molar-refractivity contribution in [3.8, 4) is 0 Å². The number of hydrogen-bond donors (Lipinski definition) is 1. The predicted octanol–water partition coefficient (Wildman–Crippen LogP) is 2.22. The van der Waals surface area contributed by atoms with Crippen LogP contribution in [0.3, 0.4) is 0 Å². The predicted molar refractivity (Wildman–Crippen MR) is 72.9 cm³/mol. The van der Waals surface area contributed by atoms with Crippen molar-refractivity contribution in [1.82, 2.24) is 5.32 Å². The maximum atomic E-state index is 11.7. The SMILES string of the molecule is CCC1CCC(NCCS(=O)(=O)C(C)C)C1C. The molecule has 0 aromatic carbocycles. The minimum Gasteiger partial charge on any atom is -0.313 e. The van der Waals surface area contributed by atoms with E-state index in [1.54, 1.807) is 13.8 Å². The number of sulfone groups is 1. The normalized spacial score (nSPS) is 30.1. The molecule has 0 spiro atoms.